The van der Waals surface area contributed by atoms with Crippen LogP contribution in [-0.4, -0.2) is 0 Å². The van der Waals surface area contributed by atoms with Gasteiger partial charge in [0.2, 0.25) is 0 Å². The minimum Gasteiger partial charge on any atom is -0.205 e. The Balaban J connectivity index is 3.47. The Bertz CT molecular complexity index is 370. The van der Waals surface area contributed by atoms with Gasteiger partial charge in [-0.05, 0) is 12.1 Å². The maximum atomic E-state index is 12.7. The van der Waals surface area contributed by atoms with Crippen molar-refractivity contribution in [2.45, 2.75) is 12.6 Å². The van der Waals surface area contributed by atoms with E-state index < -0.39 is 34.6 Å². The van der Waals surface area contributed by atoms with E-state index in [0.717, 1.165) is 0 Å². The van der Waals surface area contributed by atoms with Gasteiger partial charge in [0.05, 0.1) is 16.1 Å². The summed E-state index contributed by atoms with van der Waals surface area (Å²) in [6.07, 6.45) is -8.46. The molecule has 0 N–H and O–H groups in total. The first kappa shape index (κ1) is 12.2. The summed E-state index contributed by atoms with van der Waals surface area (Å²) >= 11 is 5.04. The maximum absolute atomic E-state index is 12.7. The summed E-state index contributed by atoms with van der Waals surface area (Å²) in [7, 11) is 0. The van der Waals surface area contributed by atoms with Crippen LogP contribution in [0.25, 0.3) is 0 Å². The van der Waals surface area contributed by atoms with E-state index in [2.05, 4.69) is 0 Å². The Morgan fingerprint density at radius 3 is 2.07 bits per heavy atom. The molecular weight excluding hydrogens is 246 g/mol. The maximum Gasteiger partial charge on any atom is 0.416 e. The van der Waals surface area contributed by atoms with Crippen LogP contribution >= 0.6 is 11.6 Å². The van der Waals surface area contributed by atoms with Crippen LogP contribution in [0.5, 0.6) is 0 Å². The quantitative estimate of drug-likeness (QED) is 0.645. The van der Waals surface area contributed by atoms with Gasteiger partial charge in [0, 0.05) is 0 Å². The first-order valence-corrected chi connectivity index (χ1v) is 3.96. The van der Waals surface area contributed by atoms with Gasteiger partial charge >= 0.3 is 6.18 Å². The highest BCUT2D eigenvalue weighted by Gasteiger charge is 2.37. The van der Waals surface area contributed by atoms with E-state index in [1.807, 2.05) is 0 Å². The van der Waals surface area contributed by atoms with Crippen molar-refractivity contribution in [1.82, 2.24) is 0 Å². The predicted molar refractivity (Wildman–Crippen MR) is 41.4 cm³/mol. The van der Waals surface area contributed by atoms with Crippen molar-refractivity contribution in [2.75, 3.05) is 0 Å². The van der Waals surface area contributed by atoms with Gasteiger partial charge in [0.25, 0.3) is 6.43 Å². The van der Waals surface area contributed by atoms with Gasteiger partial charge in [-0.2, -0.15) is 13.2 Å². The molecule has 1 aromatic rings. The lowest BCUT2D eigenvalue weighted by atomic mass is 10.1. The number of hydrogen-bond donors (Lipinski definition) is 0. The number of alkyl halides is 5. The highest BCUT2D eigenvalue weighted by Crippen LogP contribution is 2.40. The molecule has 7 heteroatoms. The first-order chi connectivity index (χ1) is 6.75. The zero-order valence-corrected chi connectivity index (χ0v) is 7.63. The summed E-state index contributed by atoms with van der Waals surface area (Å²) < 4.78 is 73.8. The smallest absolute Gasteiger partial charge is 0.205 e. The van der Waals surface area contributed by atoms with Crippen LogP contribution in [0.3, 0.4) is 0 Å². The molecule has 0 saturated heterocycles. The third kappa shape index (κ3) is 2.37. The van der Waals surface area contributed by atoms with E-state index in [-0.39, 0.29) is 6.07 Å². The fourth-order valence-corrected chi connectivity index (χ4v) is 1.27. The lowest BCUT2D eigenvalue weighted by Crippen LogP contribution is -2.10. The van der Waals surface area contributed by atoms with E-state index in [1.54, 1.807) is 0 Å². The van der Waals surface area contributed by atoms with Crippen LogP contribution in [0.2, 0.25) is 5.02 Å². The predicted octanol–water partition coefficient (Wildman–Crippen LogP) is 4.44. The molecular formula is C8H3ClF6. The topological polar surface area (TPSA) is 0 Å². The molecule has 0 aliphatic rings. The third-order valence-corrected chi connectivity index (χ3v) is 2.04. The van der Waals surface area contributed by atoms with Crippen molar-refractivity contribution >= 4 is 11.6 Å². The van der Waals surface area contributed by atoms with Crippen LogP contribution in [0.4, 0.5) is 26.3 Å². The zero-order chi connectivity index (χ0) is 11.8. The van der Waals surface area contributed by atoms with E-state index in [1.165, 1.54) is 0 Å². The molecule has 0 amide bonds. The second kappa shape index (κ2) is 3.92. The largest absolute Gasteiger partial charge is 0.416 e. The fraction of sp³-hybridized carbons (Fsp3) is 0.250. The average molecular weight is 249 g/mol. The summed E-state index contributed by atoms with van der Waals surface area (Å²) in [5, 5.41) is -1.19. The van der Waals surface area contributed by atoms with Gasteiger partial charge in [-0.25, -0.2) is 13.2 Å². The highest BCUT2D eigenvalue weighted by molar-refractivity contribution is 6.31. The molecule has 0 heterocycles. The number of rotatable bonds is 1. The molecule has 0 spiro atoms. The molecule has 0 aliphatic heterocycles. The van der Waals surface area contributed by atoms with E-state index in [4.69, 9.17) is 11.6 Å². The van der Waals surface area contributed by atoms with Crippen molar-refractivity contribution in [3.63, 3.8) is 0 Å². The van der Waals surface area contributed by atoms with Crippen molar-refractivity contribution in [1.29, 1.82) is 0 Å². The Morgan fingerprint density at radius 2 is 1.67 bits per heavy atom. The molecule has 1 rings (SSSR count). The Kier molecular flexibility index (Phi) is 3.18. The van der Waals surface area contributed by atoms with Gasteiger partial charge in [-0.3, -0.25) is 0 Å². The SMILES string of the molecule is Fc1ccc(C(F)(F)F)c(C(F)F)c1Cl. The molecule has 0 aliphatic carbocycles. The van der Waals surface area contributed by atoms with E-state index in [0.29, 0.717) is 6.07 Å². The molecule has 0 nitrogen and oxygen atoms in total. The zero-order valence-electron chi connectivity index (χ0n) is 6.88. The molecule has 1 aromatic carbocycles. The molecule has 0 aromatic heterocycles. The molecule has 84 valence electrons. The molecule has 0 unspecified atom stereocenters. The molecule has 0 radical (unpaired) electrons. The van der Waals surface area contributed by atoms with Crippen molar-refractivity contribution in [3.8, 4) is 0 Å². The monoisotopic (exact) mass is 248 g/mol. The van der Waals surface area contributed by atoms with Gasteiger partial charge in [-0.15, -0.1) is 0 Å². The van der Waals surface area contributed by atoms with Crippen molar-refractivity contribution in [3.05, 3.63) is 34.1 Å². The van der Waals surface area contributed by atoms with Crippen LogP contribution in [0.15, 0.2) is 12.1 Å². The van der Waals surface area contributed by atoms with E-state index in [9.17, 15) is 26.3 Å². The molecule has 0 bridgehead atoms. The second-order valence-electron chi connectivity index (χ2n) is 2.62. The Morgan fingerprint density at radius 1 is 1.13 bits per heavy atom. The van der Waals surface area contributed by atoms with Crippen molar-refractivity contribution < 1.29 is 26.3 Å². The summed E-state index contributed by atoms with van der Waals surface area (Å²) in [5.74, 6) is -1.31. The van der Waals surface area contributed by atoms with Crippen LogP contribution in [-0.2, 0) is 6.18 Å². The van der Waals surface area contributed by atoms with Gasteiger partial charge in [-0.1, -0.05) is 11.6 Å². The number of hydrogen-bond acceptors (Lipinski definition) is 0. The summed E-state index contributed by atoms with van der Waals surface area (Å²) in [4.78, 5) is 0. The minimum atomic E-state index is -4.98. The number of benzene rings is 1. The number of halogens is 7. The minimum absolute atomic E-state index is 0.239. The lowest BCUT2D eigenvalue weighted by Gasteiger charge is -2.13. The van der Waals surface area contributed by atoms with Crippen LogP contribution in [0.1, 0.15) is 17.6 Å². The molecule has 0 saturated carbocycles. The fourth-order valence-electron chi connectivity index (χ4n) is 1.03. The van der Waals surface area contributed by atoms with E-state index >= 15 is 0 Å². The highest BCUT2D eigenvalue weighted by atomic mass is 35.5. The molecule has 0 fully saturated rings. The Labute approximate surface area is 85.5 Å². The Hall–Kier alpha value is -0.910. The first-order valence-electron chi connectivity index (χ1n) is 3.58. The van der Waals surface area contributed by atoms with Crippen LogP contribution in [0, 0.1) is 5.82 Å². The molecule has 15 heavy (non-hydrogen) atoms. The summed E-state index contributed by atoms with van der Waals surface area (Å²) in [6.45, 7) is 0. The van der Waals surface area contributed by atoms with Gasteiger partial charge in [0.15, 0.2) is 0 Å². The van der Waals surface area contributed by atoms with Crippen molar-refractivity contribution in [2.24, 2.45) is 0 Å². The standard InChI is InChI=1S/C8H3ClF6/c9-6-4(10)2-1-3(8(13,14)15)5(6)7(11)12/h1-2,7H. The second-order valence-corrected chi connectivity index (χ2v) is 3.00. The summed E-state index contributed by atoms with van der Waals surface area (Å²) in [5.41, 5.74) is -3.15. The van der Waals surface area contributed by atoms with Gasteiger partial charge < -0.3 is 0 Å². The van der Waals surface area contributed by atoms with Crippen LogP contribution < -0.4 is 0 Å². The summed E-state index contributed by atoms with van der Waals surface area (Å²) in [6, 6.07) is 0.639. The average Bonchev–Trinajstić information content (AvgIpc) is 2.06. The third-order valence-electron chi connectivity index (χ3n) is 1.66. The lowest BCUT2D eigenvalue weighted by molar-refractivity contribution is -0.139. The normalized spacial score (nSPS) is 12.3. The van der Waals surface area contributed by atoms with Gasteiger partial charge in [0.1, 0.15) is 5.82 Å². The molecule has 0 atom stereocenters.